The van der Waals surface area contributed by atoms with Gasteiger partial charge in [-0.15, -0.1) is 0 Å². The van der Waals surface area contributed by atoms with Gasteiger partial charge in [0.05, 0.1) is 5.52 Å². The van der Waals surface area contributed by atoms with Crippen molar-refractivity contribution in [1.29, 1.82) is 0 Å². The van der Waals surface area contributed by atoms with Crippen molar-refractivity contribution < 1.29 is 4.79 Å². The van der Waals surface area contributed by atoms with E-state index in [1.54, 1.807) is 6.20 Å². The lowest BCUT2D eigenvalue weighted by atomic mass is 10.1. The van der Waals surface area contributed by atoms with Crippen molar-refractivity contribution in [2.24, 2.45) is 11.7 Å². The second-order valence-electron chi connectivity index (χ2n) is 4.67. The lowest BCUT2D eigenvalue weighted by Gasteiger charge is -2.10. The Hall–Kier alpha value is -1.94. The van der Waals surface area contributed by atoms with Crippen LogP contribution in [-0.4, -0.2) is 24.0 Å². The molecule has 0 fully saturated rings. The second kappa shape index (κ2) is 6.29. The smallest absolute Gasteiger partial charge is 0.224 e. The van der Waals surface area contributed by atoms with Crippen LogP contribution in [0.3, 0.4) is 0 Å². The summed E-state index contributed by atoms with van der Waals surface area (Å²) in [4.78, 5) is 16.0. The minimum absolute atomic E-state index is 0.00990. The molecule has 0 saturated carbocycles. The van der Waals surface area contributed by atoms with Crippen LogP contribution in [0.2, 0.25) is 0 Å². The zero-order valence-electron chi connectivity index (χ0n) is 11.1. The molecule has 1 aromatic heterocycles. The number of nitrogens with two attached hydrogens (primary N) is 1. The van der Waals surface area contributed by atoms with E-state index in [2.05, 4.69) is 10.3 Å². The summed E-state index contributed by atoms with van der Waals surface area (Å²) in [6.45, 7) is 2.81. The van der Waals surface area contributed by atoms with E-state index in [0.717, 1.165) is 22.9 Å². The van der Waals surface area contributed by atoms with E-state index < -0.39 is 0 Å². The van der Waals surface area contributed by atoms with Crippen LogP contribution in [0.4, 0.5) is 0 Å². The molecule has 1 atom stereocenters. The Labute approximate surface area is 113 Å². The molecule has 2 aromatic rings. The van der Waals surface area contributed by atoms with Gasteiger partial charge in [-0.05, 0) is 18.1 Å². The average molecular weight is 257 g/mol. The van der Waals surface area contributed by atoms with Gasteiger partial charge in [-0.2, -0.15) is 0 Å². The van der Waals surface area contributed by atoms with E-state index in [4.69, 9.17) is 5.73 Å². The van der Waals surface area contributed by atoms with Crippen LogP contribution in [0, 0.1) is 5.92 Å². The van der Waals surface area contributed by atoms with E-state index in [0.29, 0.717) is 13.1 Å². The van der Waals surface area contributed by atoms with Crippen LogP contribution in [0.1, 0.15) is 12.5 Å². The zero-order valence-corrected chi connectivity index (χ0v) is 11.1. The number of nitrogens with one attached hydrogen (secondary N) is 1. The maximum Gasteiger partial charge on any atom is 0.224 e. The molecule has 0 radical (unpaired) electrons. The minimum Gasteiger partial charge on any atom is -0.355 e. The summed E-state index contributed by atoms with van der Waals surface area (Å²) in [5.41, 5.74) is 7.62. The third-order valence-corrected chi connectivity index (χ3v) is 3.21. The fraction of sp³-hybridized carbons (Fsp3) is 0.333. The fourth-order valence-corrected chi connectivity index (χ4v) is 1.97. The van der Waals surface area contributed by atoms with E-state index in [-0.39, 0.29) is 11.8 Å². The number of benzene rings is 1. The Morgan fingerprint density at radius 1 is 1.37 bits per heavy atom. The van der Waals surface area contributed by atoms with Gasteiger partial charge in [-0.25, -0.2) is 0 Å². The summed E-state index contributed by atoms with van der Waals surface area (Å²) in [6, 6.07) is 10.1. The van der Waals surface area contributed by atoms with Gasteiger partial charge in [0.2, 0.25) is 5.91 Å². The molecule has 0 aliphatic heterocycles. The highest BCUT2D eigenvalue weighted by molar-refractivity contribution is 5.82. The maximum atomic E-state index is 11.6. The molecule has 19 heavy (non-hydrogen) atoms. The average Bonchev–Trinajstić information content (AvgIpc) is 2.46. The Morgan fingerprint density at radius 3 is 2.95 bits per heavy atom. The molecule has 0 aliphatic carbocycles. The molecule has 3 N–H and O–H groups in total. The van der Waals surface area contributed by atoms with Crippen molar-refractivity contribution in [1.82, 2.24) is 10.3 Å². The maximum absolute atomic E-state index is 11.6. The first-order chi connectivity index (χ1) is 9.22. The number of fused-ring (bicyclic) bond motifs is 1. The van der Waals surface area contributed by atoms with Gasteiger partial charge in [0.25, 0.3) is 0 Å². The summed E-state index contributed by atoms with van der Waals surface area (Å²) >= 11 is 0. The Kier molecular flexibility index (Phi) is 4.47. The topological polar surface area (TPSA) is 68.0 Å². The number of amides is 1. The third kappa shape index (κ3) is 3.29. The Balaban J connectivity index is 2.01. The molecule has 1 amide bonds. The molecule has 0 aliphatic rings. The van der Waals surface area contributed by atoms with E-state index in [1.165, 1.54) is 0 Å². The molecule has 2 rings (SSSR count). The number of carbonyl (C=O) groups excluding carboxylic acids is 1. The molecule has 1 aromatic carbocycles. The quantitative estimate of drug-likeness (QED) is 0.852. The van der Waals surface area contributed by atoms with Crippen LogP contribution in [0.25, 0.3) is 10.9 Å². The van der Waals surface area contributed by atoms with Gasteiger partial charge in [-0.1, -0.05) is 31.2 Å². The molecule has 4 nitrogen and oxygen atoms in total. The number of hydrogen-bond donors (Lipinski definition) is 2. The molecule has 100 valence electrons. The molecular weight excluding hydrogens is 238 g/mol. The normalized spacial score (nSPS) is 12.3. The monoisotopic (exact) mass is 257 g/mol. The predicted octanol–water partition coefficient (Wildman–Crippen LogP) is 1.49. The van der Waals surface area contributed by atoms with Crippen molar-refractivity contribution in [2.45, 2.75) is 13.3 Å². The summed E-state index contributed by atoms with van der Waals surface area (Å²) in [6.07, 6.45) is 2.57. The Morgan fingerprint density at radius 2 is 2.16 bits per heavy atom. The summed E-state index contributed by atoms with van der Waals surface area (Å²) in [5, 5.41) is 4.03. The van der Waals surface area contributed by atoms with Crippen molar-refractivity contribution in [3.63, 3.8) is 0 Å². The highest BCUT2D eigenvalue weighted by Crippen LogP contribution is 2.15. The third-order valence-electron chi connectivity index (χ3n) is 3.21. The van der Waals surface area contributed by atoms with Crippen LogP contribution in [0.15, 0.2) is 36.5 Å². The van der Waals surface area contributed by atoms with Gasteiger partial charge in [0.15, 0.2) is 0 Å². The number of pyridine rings is 1. The van der Waals surface area contributed by atoms with Crippen LogP contribution in [-0.2, 0) is 11.2 Å². The van der Waals surface area contributed by atoms with E-state index >= 15 is 0 Å². The first-order valence-electron chi connectivity index (χ1n) is 6.52. The number of nitrogens with zero attached hydrogens (tertiary/aromatic N) is 1. The van der Waals surface area contributed by atoms with Crippen LogP contribution >= 0.6 is 0 Å². The molecular formula is C15H19N3O. The SMILES string of the molecule is CC(CN)C(=O)NCCc1cccc2cccnc12. The predicted molar refractivity (Wildman–Crippen MR) is 76.7 cm³/mol. The molecule has 1 unspecified atom stereocenters. The lowest BCUT2D eigenvalue weighted by molar-refractivity contribution is -0.124. The number of hydrogen-bond acceptors (Lipinski definition) is 3. The van der Waals surface area contributed by atoms with E-state index in [1.807, 2.05) is 37.3 Å². The summed E-state index contributed by atoms with van der Waals surface area (Å²) < 4.78 is 0. The molecule has 0 saturated heterocycles. The minimum atomic E-state index is -0.134. The number of para-hydroxylation sites is 1. The largest absolute Gasteiger partial charge is 0.355 e. The van der Waals surface area contributed by atoms with Gasteiger partial charge in [-0.3, -0.25) is 9.78 Å². The van der Waals surface area contributed by atoms with Crippen LogP contribution < -0.4 is 11.1 Å². The summed E-state index contributed by atoms with van der Waals surface area (Å²) in [5.74, 6) is -0.124. The van der Waals surface area contributed by atoms with Gasteiger partial charge in [0.1, 0.15) is 0 Å². The highest BCUT2D eigenvalue weighted by Gasteiger charge is 2.09. The first kappa shape index (κ1) is 13.5. The van der Waals surface area contributed by atoms with Gasteiger partial charge in [0, 0.05) is 30.6 Å². The molecule has 0 spiro atoms. The van der Waals surface area contributed by atoms with Crippen molar-refractivity contribution in [3.8, 4) is 0 Å². The molecule has 4 heteroatoms. The van der Waals surface area contributed by atoms with Gasteiger partial charge >= 0.3 is 0 Å². The van der Waals surface area contributed by atoms with Crippen molar-refractivity contribution in [3.05, 3.63) is 42.1 Å². The number of rotatable bonds is 5. The standard InChI is InChI=1S/C15H19N3O/c1-11(10-16)15(19)18-9-7-13-5-2-4-12-6-3-8-17-14(12)13/h2-6,8,11H,7,9-10,16H2,1H3,(H,18,19). The van der Waals surface area contributed by atoms with Gasteiger partial charge < -0.3 is 11.1 Å². The molecule has 0 bridgehead atoms. The van der Waals surface area contributed by atoms with Crippen molar-refractivity contribution >= 4 is 16.8 Å². The highest BCUT2D eigenvalue weighted by atomic mass is 16.1. The fourth-order valence-electron chi connectivity index (χ4n) is 1.97. The summed E-state index contributed by atoms with van der Waals surface area (Å²) in [7, 11) is 0. The second-order valence-corrected chi connectivity index (χ2v) is 4.67. The van der Waals surface area contributed by atoms with E-state index in [9.17, 15) is 4.79 Å². The number of aromatic nitrogens is 1. The Bertz CT molecular complexity index is 563. The zero-order chi connectivity index (χ0) is 13.7. The van der Waals surface area contributed by atoms with Crippen molar-refractivity contribution in [2.75, 3.05) is 13.1 Å². The lowest BCUT2D eigenvalue weighted by Crippen LogP contribution is -2.34. The van der Waals surface area contributed by atoms with Crippen LogP contribution in [0.5, 0.6) is 0 Å². The first-order valence-corrected chi connectivity index (χ1v) is 6.52. The molecule has 1 heterocycles. The number of carbonyl (C=O) groups is 1.